The van der Waals surface area contributed by atoms with Crippen LogP contribution < -0.4 is 0 Å². The Morgan fingerprint density at radius 1 is 1.05 bits per heavy atom. The van der Waals surface area contributed by atoms with Crippen molar-refractivity contribution in [3.05, 3.63) is 29.8 Å². The smallest absolute Gasteiger partial charge is 0.228 e. The normalized spacial score (nSPS) is 16.5. The monoisotopic (exact) mass is 280 g/mol. The van der Waals surface area contributed by atoms with E-state index in [9.17, 15) is 18.0 Å². The Balaban J connectivity index is 2.18. The van der Waals surface area contributed by atoms with Gasteiger partial charge in [0.25, 0.3) is 0 Å². The van der Waals surface area contributed by atoms with Crippen LogP contribution in [0.3, 0.4) is 0 Å². The zero-order valence-electron chi connectivity index (χ0n) is 10.8. The van der Waals surface area contributed by atoms with Gasteiger partial charge in [-0.25, -0.2) is 8.42 Å². The highest BCUT2D eigenvalue weighted by Crippen LogP contribution is 2.26. The minimum Gasteiger partial charge on any atom is -0.290 e. The number of carbonyl (C=O) groups excluding carboxylic acids is 2. The molecule has 102 valence electrons. The van der Waals surface area contributed by atoms with Gasteiger partial charge >= 0.3 is 0 Å². The molecule has 1 aromatic carbocycles. The number of sulfone groups is 1. The van der Waals surface area contributed by atoms with E-state index in [4.69, 9.17) is 0 Å². The molecule has 4 nitrogen and oxygen atoms in total. The minimum atomic E-state index is -3.28. The molecule has 0 radical (unpaired) electrons. The highest BCUT2D eigenvalue weighted by Gasteiger charge is 2.28. The van der Waals surface area contributed by atoms with Crippen LogP contribution in [0.5, 0.6) is 0 Å². The summed E-state index contributed by atoms with van der Waals surface area (Å²) in [5, 5.41) is 0. The van der Waals surface area contributed by atoms with E-state index in [1.54, 1.807) is 0 Å². The number of hydrogen-bond acceptors (Lipinski definition) is 4. The average Bonchev–Trinajstić information content (AvgIpc) is 2.90. The standard InChI is InChI=1S/C14H16O4S/c1-19(17,18)12-8-6-11(7-9-12)14(16)13(15)10-4-2-3-5-10/h6-10H,2-5H2,1H3. The van der Waals surface area contributed by atoms with Gasteiger partial charge < -0.3 is 0 Å². The van der Waals surface area contributed by atoms with E-state index in [1.165, 1.54) is 24.3 Å². The summed E-state index contributed by atoms with van der Waals surface area (Å²) >= 11 is 0. The molecule has 0 unspecified atom stereocenters. The Bertz CT molecular complexity index is 593. The van der Waals surface area contributed by atoms with Crippen molar-refractivity contribution in [1.29, 1.82) is 0 Å². The van der Waals surface area contributed by atoms with Gasteiger partial charge in [0.2, 0.25) is 11.6 Å². The summed E-state index contributed by atoms with van der Waals surface area (Å²) in [5.41, 5.74) is 0.268. The molecule has 0 aliphatic heterocycles. The summed E-state index contributed by atoms with van der Waals surface area (Å²) in [5.74, 6) is -1.00. The van der Waals surface area contributed by atoms with Crippen LogP contribution in [0.25, 0.3) is 0 Å². The molecule has 1 fully saturated rings. The highest BCUT2D eigenvalue weighted by atomic mass is 32.2. The van der Waals surface area contributed by atoms with Crippen LogP contribution in [0.1, 0.15) is 36.0 Å². The molecule has 2 rings (SSSR count). The number of benzene rings is 1. The van der Waals surface area contributed by atoms with Gasteiger partial charge in [-0.05, 0) is 37.1 Å². The molecule has 0 N–H and O–H groups in total. The molecule has 5 heteroatoms. The number of Topliss-reactive ketones (excluding diaryl/α,β-unsaturated/α-hetero) is 2. The molecule has 0 amide bonds. The van der Waals surface area contributed by atoms with Crippen LogP contribution in [0, 0.1) is 5.92 Å². The maximum atomic E-state index is 12.0. The van der Waals surface area contributed by atoms with Crippen LogP contribution in [-0.2, 0) is 14.6 Å². The van der Waals surface area contributed by atoms with Gasteiger partial charge in [-0.3, -0.25) is 9.59 Å². The third-order valence-corrected chi connectivity index (χ3v) is 4.62. The summed E-state index contributed by atoms with van der Waals surface area (Å²) in [6, 6.07) is 5.55. The fraction of sp³-hybridized carbons (Fsp3) is 0.429. The van der Waals surface area contributed by atoms with E-state index < -0.39 is 15.6 Å². The summed E-state index contributed by atoms with van der Waals surface area (Å²) in [6.45, 7) is 0. The van der Waals surface area contributed by atoms with E-state index >= 15 is 0 Å². The molecule has 1 aliphatic rings. The number of ketones is 2. The molecular formula is C14H16O4S. The van der Waals surface area contributed by atoms with Gasteiger partial charge in [-0.15, -0.1) is 0 Å². The molecule has 1 saturated carbocycles. The van der Waals surface area contributed by atoms with Crippen molar-refractivity contribution < 1.29 is 18.0 Å². The van der Waals surface area contributed by atoms with Crippen molar-refractivity contribution in [1.82, 2.24) is 0 Å². The van der Waals surface area contributed by atoms with Gasteiger partial charge in [0.05, 0.1) is 4.90 Å². The Morgan fingerprint density at radius 3 is 2.05 bits per heavy atom. The Morgan fingerprint density at radius 2 is 1.58 bits per heavy atom. The van der Waals surface area contributed by atoms with Crippen LogP contribution in [0.4, 0.5) is 0 Å². The predicted octanol–water partition coefficient (Wildman–Crippen LogP) is 2.03. The number of hydrogen-bond donors (Lipinski definition) is 0. The van der Waals surface area contributed by atoms with Crippen molar-refractivity contribution in [3.8, 4) is 0 Å². The zero-order chi connectivity index (χ0) is 14.0. The Hall–Kier alpha value is -1.49. The summed E-state index contributed by atoms with van der Waals surface area (Å²) in [7, 11) is -3.28. The average molecular weight is 280 g/mol. The van der Waals surface area contributed by atoms with Crippen molar-refractivity contribution in [2.45, 2.75) is 30.6 Å². The zero-order valence-corrected chi connectivity index (χ0v) is 11.6. The lowest BCUT2D eigenvalue weighted by molar-refractivity contribution is -0.118. The SMILES string of the molecule is CS(=O)(=O)c1ccc(C(=O)C(=O)C2CCCC2)cc1. The lowest BCUT2D eigenvalue weighted by Gasteiger charge is -2.07. The molecule has 0 heterocycles. The van der Waals surface area contributed by atoms with E-state index in [1.807, 2.05) is 0 Å². The molecule has 1 aliphatic carbocycles. The molecule has 0 aromatic heterocycles. The first-order valence-corrected chi connectivity index (χ1v) is 8.17. The molecule has 0 atom stereocenters. The molecule has 0 spiro atoms. The topological polar surface area (TPSA) is 68.3 Å². The van der Waals surface area contributed by atoms with Crippen LogP contribution >= 0.6 is 0 Å². The van der Waals surface area contributed by atoms with Crippen LogP contribution in [-0.4, -0.2) is 26.2 Å². The molecular weight excluding hydrogens is 264 g/mol. The van der Waals surface area contributed by atoms with E-state index in [0.29, 0.717) is 0 Å². The van der Waals surface area contributed by atoms with Crippen molar-refractivity contribution in [2.75, 3.05) is 6.26 Å². The lowest BCUT2D eigenvalue weighted by atomic mass is 9.95. The first-order chi connectivity index (χ1) is 8.89. The third kappa shape index (κ3) is 3.10. The molecule has 0 bridgehead atoms. The van der Waals surface area contributed by atoms with Gasteiger partial charge in [0.1, 0.15) is 0 Å². The summed E-state index contributed by atoms with van der Waals surface area (Å²) in [6.07, 6.45) is 4.67. The van der Waals surface area contributed by atoms with Crippen molar-refractivity contribution in [3.63, 3.8) is 0 Å². The number of carbonyl (C=O) groups is 2. The van der Waals surface area contributed by atoms with E-state index in [0.717, 1.165) is 31.9 Å². The largest absolute Gasteiger partial charge is 0.290 e. The quantitative estimate of drug-likeness (QED) is 0.625. The van der Waals surface area contributed by atoms with Crippen molar-refractivity contribution in [2.24, 2.45) is 5.92 Å². The van der Waals surface area contributed by atoms with Crippen LogP contribution in [0.2, 0.25) is 0 Å². The summed E-state index contributed by atoms with van der Waals surface area (Å²) in [4.78, 5) is 24.1. The lowest BCUT2D eigenvalue weighted by Crippen LogP contribution is -2.21. The van der Waals surface area contributed by atoms with E-state index in [-0.39, 0.29) is 22.2 Å². The van der Waals surface area contributed by atoms with Crippen molar-refractivity contribution >= 4 is 21.4 Å². The Labute approximate surface area is 112 Å². The van der Waals surface area contributed by atoms with Gasteiger partial charge in [0, 0.05) is 17.7 Å². The fourth-order valence-electron chi connectivity index (χ4n) is 2.37. The second-order valence-corrected chi connectivity index (χ2v) is 6.99. The molecule has 0 saturated heterocycles. The fourth-order valence-corrected chi connectivity index (χ4v) is 3.00. The molecule has 19 heavy (non-hydrogen) atoms. The Kier molecular flexibility index (Phi) is 3.85. The second-order valence-electron chi connectivity index (χ2n) is 4.97. The van der Waals surface area contributed by atoms with Gasteiger partial charge in [0.15, 0.2) is 9.84 Å². The predicted molar refractivity (Wildman–Crippen MR) is 70.8 cm³/mol. The van der Waals surface area contributed by atoms with E-state index in [2.05, 4.69) is 0 Å². The second kappa shape index (κ2) is 5.25. The van der Waals surface area contributed by atoms with Gasteiger partial charge in [-0.1, -0.05) is 12.8 Å². The number of rotatable bonds is 4. The molecule has 1 aromatic rings. The highest BCUT2D eigenvalue weighted by molar-refractivity contribution is 7.90. The minimum absolute atomic E-state index is 0.150. The van der Waals surface area contributed by atoms with Gasteiger partial charge in [-0.2, -0.15) is 0 Å². The van der Waals surface area contributed by atoms with Crippen LogP contribution in [0.15, 0.2) is 29.2 Å². The first-order valence-electron chi connectivity index (χ1n) is 6.28. The maximum absolute atomic E-state index is 12.0. The third-order valence-electron chi connectivity index (χ3n) is 3.49. The summed E-state index contributed by atoms with van der Waals surface area (Å²) < 4.78 is 22.6. The maximum Gasteiger partial charge on any atom is 0.228 e. The first kappa shape index (κ1) is 13.9.